The predicted molar refractivity (Wildman–Crippen MR) is 139 cm³/mol. The Hall–Kier alpha value is -2.91. The number of piperazine rings is 1. The van der Waals surface area contributed by atoms with Crippen LogP contribution >= 0.6 is 22.9 Å². The van der Waals surface area contributed by atoms with Gasteiger partial charge < -0.3 is 19.9 Å². The fraction of sp³-hybridized carbons (Fsp3) is 0.440. The number of benzene rings is 1. The van der Waals surface area contributed by atoms with Gasteiger partial charge in [0.05, 0.1) is 10.2 Å². The molecule has 2 aromatic heterocycles. The van der Waals surface area contributed by atoms with Crippen molar-refractivity contribution in [1.82, 2.24) is 20.2 Å². The number of anilines is 1. The number of ether oxygens (including phenoxy) is 1. The van der Waals surface area contributed by atoms with Gasteiger partial charge in [-0.25, -0.2) is 14.8 Å². The van der Waals surface area contributed by atoms with Crippen molar-refractivity contribution in [3.8, 4) is 0 Å². The number of rotatable bonds is 5. The van der Waals surface area contributed by atoms with Crippen LogP contribution < -0.4 is 10.2 Å². The number of halogens is 1. The van der Waals surface area contributed by atoms with Gasteiger partial charge >= 0.3 is 6.09 Å². The van der Waals surface area contributed by atoms with E-state index in [2.05, 4.69) is 33.2 Å². The SMILES string of the molecule is Cc1cc2ncnc(N3CCN(C(=O)C(Cc4ccc(Cl)cc4)NC(=O)OC(C)(C)C)CC3)c2s1. The molecule has 3 aromatic rings. The molecule has 3 heterocycles. The molecule has 35 heavy (non-hydrogen) atoms. The molecule has 1 aromatic carbocycles. The fourth-order valence-electron chi connectivity index (χ4n) is 4.05. The zero-order valence-electron chi connectivity index (χ0n) is 20.4. The van der Waals surface area contributed by atoms with Gasteiger partial charge in [-0.1, -0.05) is 23.7 Å². The van der Waals surface area contributed by atoms with Crippen molar-refractivity contribution in [1.29, 1.82) is 0 Å². The van der Waals surface area contributed by atoms with Crippen LogP contribution in [-0.4, -0.2) is 64.7 Å². The van der Waals surface area contributed by atoms with E-state index >= 15 is 0 Å². The van der Waals surface area contributed by atoms with Gasteiger partial charge in [-0.15, -0.1) is 11.3 Å². The molecular weight excluding hydrogens is 486 g/mol. The quantitative estimate of drug-likeness (QED) is 0.540. The molecule has 10 heteroatoms. The Labute approximate surface area is 214 Å². The van der Waals surface area contributed by atoms with Crippen molar-refractivity contribution in [3.63, 3.8) is 0 Å². The monoisotopic (exact) mass is 515 g/mol. The van der Waals surface area contributed by atoms with Crippen molar-refractivity contribution < 1.29 is 14.3 Å². The largest absolute Gasteiger partial charge is 0.444 e. The summed E-state index contributed by atoms with van der Waals surface area (Å²) in [5.41, 5.74) is 1.19. The van der Waals surface area contributed by atoms with E-state index in [0.29, 0.717) is 37.6 Å². The standard InChI is InChI=1S/C25H30ClN5O3S/c1-16-13-19-21(35-16)22(28-15-27-19)30-9-11-31(12-10-30)23(32)20(29-24(33)34-25(2,3)4)14-17-5-7-18(26)8-6-17/h5-8,13,15,20H,9-12,14H2,1-4H3,(H,29,33). The van der Waals surface area contributed by atoms with Gasteiger partial charge in [-0.3, -0.25) is 4.79 Å². The lowest BCUT2D eigenvalue weighted by Gasteiger charge is -2.37. The molecule has 1 saturated heterocycles. The molecule has 1 N–H and O–H groups in total. The number of nitrogens with one attached hydrogen (secondary N) is 1. The second kappa shape index (κ2) is 10.4. The van der Waals surface area contributed by atoms with Gasteiger partial charge in [0.25, 0.3) is 0 Å². The van der Waals surface area contributed by atoms with Crippen molar-refractivity contribution in [2.24, 2.45) is 0 Å². The van der Waals surface area contributed by atoms with Crippen LogP contribution in [0, 0.1) is 6.92 Å². The van der Waals surface area contributed by atoms with Gasteiger partial charge in [-0.2, -0.15) is 0 Å². The molecule has 1 atom stereocenters. The Morgan fingerprint density at radius 2 is 1.83 bits per heavy atom. The average Bonchev–Trinajstić information content (AvgIpc) is 3.19. The summed E-state index contributed by atoms with van der Waals surface area (Å²) in [6, 6.07) is 8.60. The molecule has 1 aliphatic rings. The third-order valence-corrected chi connectivity index (χ3v) is 6.94. The lowest BCUT2D eigenvalue weighted by molar-refractivity contribution is -0.133. The summed E-state index contributed by atoms with van der Waals surface area (Å²) in [5, 5.41) is 3.40. The molecule has 2 amide bonds. The summed E-state index contributed by atoms with van der Waals surface area (Å²) in [4.78, 5) is 40.1. The summed E-state index contributed by atoms with van der Waals surface area (Å²) in [7, 11) is 0. The number of amides is 2. The molecule has 1 fully saturated rings. The first-order valence-corrected chi connectivity index (χ1v) is 12.8. The summed E-state index contributed by atoms with van der Waals surface area (Å²) in [5.74, 6) is 0.773. The van der Waals surface area contributed by atoms with Gasteiger partial charge in [-0.05, 0) is 51.5 Å². The number of hydrogen-bond acceptors (Lipinski definition) is 7. The minimum atomic E-state index is -0.747. The first-order chi connectivity index (χ1) is 16.6. The highest BCUT2D eigenvalue weighted by Gasteiger charge is 2.31. The van der Waals surface area contributed by atoms with Crippen LogP contribution in [0.2, 0.25) is 5.02 Å². The molecule has 0 radical (unpaired) electrons. The first-order valence-electron chi connectivity index (χ1n) is 11.6. The number of nitrogens with zero attached hydrogens (tertiary/aromatic N) is 4. The zero-order valence-corrected chi connectivity index (χ0v) is 21.9. The predicted octanol–water partition coefficient (Wildman–Crippen LogP) is 4.44. The summed E-state index contributed by atoms with van der Waals surface area (Å²) >= 11 is 7.69. The van der Waals surface area contributed by atoms with Crippen LogP contribution in [0.4, 0.5) is 10.6 Å². The van der Waals surface area contributed by atoms with E-state index in [9.17, 15) is 9.59 Å². The van der Waals surface area contributed by atoms with Crippen LogP contribution in [-0.2, 0) is 16.0 Å². The maximum Gasteiger partial charge on any atom is 0.408 e. The number of thiophene rings is 1. The fourth-order valence-corrected chi connectivity index (χ4v) is 5.16. The molecule has 4 rings (SSSR count). The minimum absolute atomic E-state index is 0.134. The topological polar surface area (TPSA) is 87.7 Å². The highest BCUT2D eigenvalue weighted by Crippen LogP contribution is 2.31. The van der Waals surface area contributed by atoms with Gasteiger partial charge in [0, 0.05) is 42.5 Å². The van der Waals surface area contributed by atoms with E-state index in [1.807, 2.05) is 12.1 Å². The number of hydrogen-bond donors (Lipinski definition) is 1. The first kappa shape index (κ1) is 25.2. The van der Waals surface area contributed by atoms with E-state index in [-0.39, 0.29) is 5.91 Å². The molecule has 186 valence electrons. The maximum atomic E-state index is 13.5. The lowest BCUT2D eigenvalue weighted by atomic mass is 10.0. The third-order valence-electron chi connectivity index (χ3n) is 5.65. The minimum Gasteiger partial charge on any atom is -0.444 e. The molecule has 0 bridgehead atoms. The highest BCUT2D eigenvalue weighted by atomic mass is 35.5. The Kier molecular flexibility index (Phi) is 7.47. The average molecular weight is 516 g/mol. The lowest BCUT2D eigenvalue weighted by Crippen LogP contribution is -2.56. The van der Waals surface area contributed by atoms with Gasteiger partial charge in [0.1, 0.15) is 23.8 Å². The van der Waals surface area contributed by atoms with Crippen LogP contribution in [0.3, 0.4) is 0 Å². The normalized spacial score (nSPS) is 15.2. The summed E-state index contributed by atoms with van der Waals surface area (Å²) in [6.45, 7) is 9.79. The van der Waals surface area contributed by atoms with Crippen LogP contribution in [0.5, 0.6) is 0 Å². The zero-order chi connectivity index (χ0) is 25.2. The van der Waals surface area contributed by atoms with Crippen LogP contribution in [0.1, 0.15) is 31.2 Å². The number of alkyl carbamates (subject to hydrolysis) is 1. The number of carbonyl (C=O) groups excluding carboxylic acids is 2. The molecule has 0 saturated carbocycles. The van der Waals surface area contributed by atoms with Crippen molar-refractivity contribution >= 4 is 51.0 Å². The van der Waals surface area contributed by atoms with E-state index in [1.54, 1.807) is 55.5 Å². The Bertz CT molecular complexity index is 1200. The van der Waals surface area contributed by atoms with Crippen LogP contribution in [0.25, 0.3) is 10.2 Å². The number of aryl methyl sites for hydroxylation is 1. The molecule has 0 aliphatic carbocycles. The third kappa shape index (κ3) is 6.41. The summed E-state index contributed by atoms with van der Waals surface area (Å²) in [6.07, 6.45) is 1.32. The van der Waals surface area contributed by atoms with E-state index < -0.39 is 17.7 Å². The Morgan fingerprint density at radius 1 is 1.14 bits per heavy atom. The Balaban J connectivity index is 1.46. The number of fused-ring (bicyclic) bond motifs is 1. The van der Waals surface area contributed by atoms with E-state index in [1.165, 1.54) is 4.88 Å². The number of aromatic nitrogens is 2. The molecular formula is C25H30ClN5O3S. The van der Waals surface area contributed by atoms with Crippen molar-refractivity contribution in [2.75, 3.05) is 31.1 Å². The van der Waals surface area contributed by atoms with E-state index in [0.717, 1.165) is 21.6 Å². The molecule has 8 nitrogen and oxygen atoms in total. The smallest absolute Gasteiger partial charge is 0.408 e. The highest BCUT2D eigenvalue weighted by molar-refractivity contribution is 7.19. The molecule has 1 aliphatic heterocycles. The second-order valence-electron chi connectivity index (χ2n) is 9.61. The van der Waals surface area contributed by atoms with E-state index in [4.69, 9.17) is 16.3 Å². The van der Waals surface area contributed by atoms with Gasteiger partial charge in [0.15, 0.2) is 0 Å². The molecule has 1 unspecified atom stereocenters. The van der Waals surface area contributed by atoms with Crippen molar-refractivity contribution in [3.05, 3.63) is 52.1 Å². The Morgan fingerprint density at radius 3 is 2.49 bits per heavy atom. The maximum absolute atomic E-state index is 13.5. The number of carbonyl (C=O) groups is 2. The summed E-state index contributed by atoms with van der Waals surface area (Å²) < 4.78 is 6.48. The van der Waals surface area contributed by atoms with Crippen LogP contribution in [0.15, 0.2) is 36.7 Å². The second-order valence-corrected chi connectivity index (χ2v) is 11.3. The van der Waals surface area contributed by atoms with Crippen molar-refractivity contribution in [2.45, 2.75) is 45.8 Å². The van der Waals surface area contributed by atoms with Gasteiger partial charge in [0.2, 0.25) is 5.91 Å². The molecule has 0 spiro atoms.